The molecule has 0 amide bonds. The normalized spacial score (nSPS) is 20.2. The van der Waals surface area contributed by atoms with E-state index in [1.165, 1.54) is 125 Å². The number of fused-ring (bicyclic) bond motifs is 10. The molecule has 2 unspecified atom stereocenters. The van der Waals surface area contributed by atoms with Gasteiger partial charge in [-0.05, 0) is 157 Å². The van der Waals surface area contributed by atoms with Crippen molar-refractivity contribution < 1.29 is 0 Å². The van der Waals surface area contributed by atoms with Crippen molar-refractivity contribution in [2.75, 3.05) is 9.80 Å². The van der Waals surface area contributed by atoms with Gasteiger partial charge in [0, 0.05) is 55.8 Å². The predicted molar refractivity (Wildman–Crippen MR) is 296 cm³/mol. The maximum Gasteiger partial charge on any atom is 0.252 e. The summed E-state index contributed by atoms with van der Waals surface area (Å²) in [5, 5.41) is 2.73. The number of aromatic nitrogens is 1. The average Bonchev–Trinajstić information content (AvgIpc) is 3.68. The summed E-state index contributed by atoms with van der Waals surface area (Å²) in [6, 6.07) is 42.3. The second-order valence-electron chi connectivity index (χ2n) is 27.1. The maximum atomic E-state index is 2.80. The first-order chi connectivity index (χ1) is 31.6. The van der Waals surface area contributed by atoms with Gasteiger partial charge in [0.25, 0.3) is 6.71 Å². The van der Waals surface area contributed by atoms with Gasteiger partial charge in [-0.15, -0.1) is 0 Å². The molecule has 4 heterocycles. The van der Waals surface area contributed by atoms with Crippen LogP contribution in [0.5, 0.6) is 0 Å². The van der Waals surface area contributed by atoms with E-state index in [0.29, 0.717) is 0 Å². The zero-order valence-electron chi connectivity index (χ0n) is 44.6. The fourth-order valence-electron chi connectivity index (χ4n) is 13.0. The Kier molecular flexibility index (Phi) is 9.45. The minimum Gasteiger partial charge on any atom is -0.334 e. The molecule has 68 heavy (non-hydrogen) atoms. The molecule has 4 heteroatoms. The molecule has 11 rings (SSSR count). The molecule has 350 valence electrons. The van der Waals surface area contributed by atoms with E-state index in [0.717, 1.165) is 6.42 Å². The summed E-state index contributed by atoms with van der Waals surface area (Å²) in [5.41, 5.74) is 23.1. The van der Waals surface area contributed by atoms with Crippen LogP contribution in [-0.4, -0.2) is 16.8 Å². The summed E-state index contributed by atoms with van der Waals surface area (Å²) in [5.74, 6) is 0. The first-order valence-corrected chi connectivity index (χ1v) is 25.9. The summed E-state index contributed by atoms with van der Waals surface area (Å²) in [7, 11) is 0. The van der Waals surface area contributed by atoms with Crippen LogP contribution in [0.15, 0.2) is 103 Å². The van der Waals surface area contributed by atoms with Gasteiger partial charge < -0.3 is 14.4 Å². The Labute approximate surface area is 409 Å². The van der Waals surface area contributed by atoms with Gasteiger partial charge in [-0.2, -0.15) is 0 Å². The molecular formula is C64H76BN3. The first-order valence-electron chi connectivity index (χ1n) is 25.9. The van der Waals surface area contributed by atoms with Crippen molar-refractivity contribution in [1.82, 2.24) is 4.57 Å². The molecule has 7 aromatic rings. The molecule has 3 aliphatic heterocycles. The van der Waals surface area contributed by atoms with Crippen LogP contribution in [0.3, 0.4) is 0 Å². The van der Waals surface area contributed by atoms with Crippen LogP contribution in [-0.2, 0) is 32.5 Å². The highest BCUT2D eigenvalue weighted by Gasteiger charge is 2.59. The lowest BCUT2D eigenvalue weighted by Crippen LogP contribution is -2.61. The molecule has 0 radical (unpaired) electrons. The van der Waals surface area contributed by atoms with Crippen molar-refractivity contribution in [2.45, 2.75) is 181 Å². The zero-order valence-corrected chi connectivity index (χ0v) is 44.6. The van der Waals surface area contributed by atoms with E-state index in [9.17, 15) is 0 Å². The second-order valence-corrected chi connectivity index (χ2v) is 27.1. The summed E-state index contributed by atoms with van der Waals surface area (Å²) in [6.45, 7) is 40.6. The second kappa shape index (κ2) is 14.2. The van der Waals surface area contributed by atoms with Crippen LogP contribution < -0.4 is 26.2 Å². The highest BCUT2D eigenvalue weighted by Crippen LogP contribution is 2.62. The van der Waals surface area contributed by atoms with Crippen LogP contribution in [0.25, 0.3) is 27.5 Å². The number of hydrogen-bond donors (Lipinski definition) is 0. The first kappa shape index (κ1) is 45.2. The maximum absolute atomic E-state index is 2.80. The number of anilines is 5. The molecule has 2 atom stereocenters. The van der Waals surface area contributed by atoms with Gasteiger partial charge in [0.2, 0.25) is 0 Å². The SMILES string of the molecule is CC(C)(C)c1ccc(N2c3cc4c(cc3B3c5c2cc(C(C)(C)C)cc5-n2c5ccc(C(C)(C)C)cc5c5cc(C(C)(C)C)cc3c52)C2(C)CCCCC2(C)N4c2ccc(C(C)(C)C)cc2)cc1. The van der Waals surface area contributed by atoms with Gasteiger partial charge in [-0.1, -0.05) is 166 Å². The largest absolute Gasteiger partial charge is 0.334 e. The van der Waals surface area contributed by atoms with E-state index in [1.807, 2.05) is 0 Å². The third kappa shape index (κ3) is 6.43. The summed E-state index contributed by atoms with van der Waals surface area (Å²) in [6.07, 6.45) is 4.84. The molecular weight excluding hydrogens is 822 g/mol. The molecule has 6 aromatic carbocycles. The third-order valence-corrected chi connectivity index (χ3v) is 17.5. The number of benzene rings is 6. The Morgan fingerprint density at radius 2 is 0.956 bits per heavy atom. The van der Waals surface area contributed by atoms with Crippen molar-refractivity contribution in [3.05, 3.63) is 137 Å². The summed E-state index contributed by atoms with van der Waals surface area (Å²) >= 11 is 0. The quantitative estimate of drug-likeness (QED) is 0.160. The van der Waals surface area contributed by atoms with Gasteiger partial charge in [-0.25, -0.2) is 0 Å². The van der Waals surface area contributed by atoms with E-state index >= 15 is 0 Å². The Balaban J connectivity index is 1.30. The van der Waals surface area contributed by atoms with Gasteiger partial charge in [-0.3, -0.25) is 0 Å². The van der Waals surface area contributed by atoms with Crippen molar-refractivity contribution >= 4 is 73.3 Å². The van der Waals surface area contributed by atoms with Crippen LogP contribution in [0.2, 0.25) is 0 Å². The monoisotopic (exact) mass is 898 g/mol. The average molecular weight is 898 g/mol. The van der Waals surface area contributed by atoms with Gasteiger partial charge in [0.1, 0.15) is 0 Å². The summed E-state index contributed by atoms with van der Waals surface area (Å²) < 4.78 is 2.69. The van der Waals surface area contributed by atoms with Crippen molar-refractivity contribution in [3.63, 3.8) is 0 Å². The van der Waals surface area contributed by atoms with E-state index in [4.69, 9.17) is 0 Å². The number of nitrogens with zero attached hydrogens (tertiary/aromatic N) is 3. The molecule has 0 saturated heterocycles. The van der Waals surface area contributed by atoms with Crippen molar-refractivity contribution in [2.24, 2.45) is 0 Å². The Hall–Kier alpha value is -5.22. The smallest absolute Gasteiger partial charge is 0.252 e. The fraction of sp³-hybridized carbons (Fsp3) is 0.438. The molecule has 1 aliphatic carbocycles. The van der Waals surface area contributed by atoms with Crippen LogP contribution >= 0.6 is 0 Å². The molecule has 4 aliphatic rings. The summed E-state index contributed by atoms with van der Waals surface area (Å²) in [4.78, 5) is 5.48. The highest BCUT2D eigenvalue weighted by molar-refractivity contribution is 7.00. The minimum atomic E-state index is -0.0895. The molecule has 3 nitrogen and oxygen atoms in total. The van der Waals surface area contributed by atoms with Gasteiger partial charge >= 0.3 is 0 Å². The van der Waals surface area contributed by atoms with E-state index < -0.39 is 0 Å². The third-order valence-electron chi connectivity index (χ3n) is 17.5. The Morgan fingerprint density at radius 1 is 0.441 bits per heavy atom. The Morgan fingerprint density at radius 3 is 1.54 bits per heavy atom. The van der Waals surface area contributed by atoms with Crippen LogP contribution in [0.4, 0.5) is 28.4 Å². The molecule has 0 N–H and O–H groups in total. The lowest BCUT2D eigenvalue weighted by Gasteiger charge is -2.50. The minimum absolute atomic E-state index is 0.0256. The molecule has 0 spiro atoms. The standard InChI is InChI=1S/C64H76BN3/c1-58(2,3)39-20-25-44(26-21-39)66-53-38-52-48(63(16)30-18-19-31-64(63,17)68(52)45-27-22-40(23-28-45)59(4,5)6)37-49(53)65-50-34-42(61(10,11)12)33-47-46-32-41(60(7,8)9)24-29-51(46)67(57(47)50)55-36-43(62(13,14)15)35-54(66)56(55)65/h20-29,32-38H,18-19,30-31H2,1-17H3. The molecule has 0 bridgehead atoms. The number of hydrogen-bond acceptors (Lipinski definition) is 2. The zero-order chi connectivity index (χ0) is 48.6. The predicted octanol–water partition coefficient (Wildman–Crippen LogP) is 15.6. The van der Waals surface area contributed by atoms with Gasteiger partial charge in [0.15, 0.2) is 0 Å². The lowest BCUT2D eigenvalue weighted by molar-refractivity contribution is 0.195. The molecule has 1 saturated carbocycles. The molecule has 1 fully saturated rings. The number of rotatable bonds is 2. The topological polar surface area (TPSA) is 11.4 Å². The van der Waals surface area contributed by atoms with Gasteiger partial charge in [0.05, 0.1) is 11.1 Å². The van der Waals surface area contributed by atoms with E-state index in [1.54, 1.807) is 0 Å². The highest BCUT2D eigenvalue weighted by atomic mass is 15.3. The van der Waals surface area contributed by atoms with Crippen LogP contribution in [0.1, 0.15) is 177 Å². The van der Waals surface area contributed by atoms with E-state index in [2.05, 4.69) is 235 Å². The molecule has 1 aromatic heterocycles. The van der Waals surface area contributed by atoms with Crippen LogP contribution in [0, 0.1) is 0 Å². The van der Waals surface area contributed by atoms with Crippen molar-refractivity contribution in [3.8, 4) is 5.69 Å². The van der Waals surface area contributed by atoms with E-state index in [-0.39, 0.29) is 44.7 Å². The lowest BCUT2D eigenvalue weighted by atomic mass is 9.33. The Bertz CT molecular complexity index is 3220. The fourth-order valence-corrected chi connectivity index (χ4v) is 13.0. The van der Waals surface area contributed by atoms with Crippen molar-refractivity contribution in [1.29, 1.82) is 0 Å².